The molecule has 0 spiro atoms. The van der Waals surface area contributed by atoms with Gasteiger partial charge >= 0.3 is 0 Å². The number of carbonyl (C=O) groups is 2. The highest BCUT2D eigenvalue weighted by atomic mass is 79.9. The Kier molecular flexibility index (Phi) is 7.23. The summed E-state index contributed by atoms with van der Waals surface area (Å²) in [6.45, 7) is 0.151. The highest BCUT2D eigenvalue weighted by Crippen LogP contribution is 2.38. The van der Waals surface area contributed by atoms with E-state index in [2.05, 4.69) is 15.9 Å². The molecule has 4 rings (SSSR count). The summed E-state index contributed by atoms with van der Waals surface area (Å²) in [5.41, 5.74) is 1.19. The fourth-order valence-electron chi connectivity index (χ4n) is 3.09. The third kappa shape index (κ3) is 5.67. The Hall–Kier alpha value is -2.59. The largest absolute Gasteiger partial charge is 0.293 e. The number of nitrogens with zero attached hydrogens (tertiary/aromatic N) is 2. The minimum absolute atomic E-state index is 0.0861. The average Bonchev–Trinajstić information content (AvgIpc) is 3.03. The van der Waals surface area contributed by atoms with Gasteiger partial charge < -0.3 is 0 Å². The highest BCUT2D eigenvalue weighted by Gasteiger charge is 2.35. The maximum Gasteiger partial charge on any atom is 0.293 e. The smallest absolute Gasteiger partial charge is 0.268 e. The number of carbonyl (C=O) groups excluding carboxylic acids is 2. The van der Waals surface area contributed by atoms with E-state index < -0.39 is 10.8 Å². The third-order valence-electron chi connectivity index (χ3n) is 4.62. The van der Waals surface area contributed by atoms with E-state index in [0.717, 1.165) is 31.6 Å². The van der Waals surface area contributed by atoms with E-state index >= 15 is 0 Å². The van der Waals surface area contributed by atoms with E-state index in [4.69, 9.17) is 11.6 Å². The Morgan fingerprint density at radius 1 is 1.09 bits per heavy atom. The van der Waals surface area contributed by atoms with Gasteiger partial charge in [-0.15, -0.1) is 0 Å². The maximum absolute atomic E-state index is 12.8. The van der Waals surface area contributed by atoms with Crippen LogP contribution in [-0.2, 0) is 11.3 Å². The number of halogens is 2. The van der Waals surface area contributed by atoms with Crippen LogP contribution in [0.4, 0.5) is 10.5 Å². The molecule has 0 N–H and O–H groups in total. The van der Waals surface area contributed by atoms with Crippen LogP contribution in [-0.4, -0.2) is 21.0 Å². The number of thioether (sulfide) groups is 1. The zero-order valence-electron chi connectivity index (χ0n) is 16.7. The molecule has 0 aromatic heterocycles. The van der Waals surface area contributed by atoms with Gasteiger partial charge in [-0.1, -0.05) is 57.5 Å². The van der Waals surface area contributed by atoms with Gasteiger partial charge in [-0.3, -0.25) is 24.6 Å². The second kappa shape index (κ2) is 10.1. The minimum atomic E-state index is -0.464. The molecule has 1 aliphatic rings. The zero-order chi connectivity index (χ0) is 23.5. The minimum Gasteiger partial charge on any atom is -0.268 e. The number of hydrogen-bond donors (Lipinski definition) is 0. The Morgan fingerprint density at radius 3 is 2.55 bits per heavy atom. The maximum atomic E-state index is 12.8. The second-order valence-corrected chi connectivity index (χ2v) is 10.4. The van der Waals surface area contributed by atoms with Gasteiger partial charge in [0.05, 0.1) is 21.3 Å². The molecule has 0 atom stereocenters. The molecule has 1 saturated heterocycles. The van der Waals surface area contributed by atoms with E-state index in [1.54, 1.807) is 36.4 Å². The van der Waals surface area contributed by atoms with Crippen molar-refractivity contribution in [2.24, 2.45) is 0 Å². The van der Waals surface area contributed by atoms with E-state index in [1.807, 2.05) is 24.3 Å². The van der Waals surface area contributed by atoms with Gasteiger partial charge in [-0.25, -0.2) is 0 Å². The van der Waals surface area contributed by atoms with Crippen molar-refractivity contribution >= 4 is 74.0 Å². The molecule has 0 unspecified atom stereocenters. The number of nitro benzene ring substituents is 1. The van der Waals surface area contributed by atoms with Crippen molar-refractivity contribution in [3.05, 3.63) is 102 Å². The normalized spacial score (nSPS) is 14.8. The SMILES string of the molecule is O=C1S/C(=C\c2ccc(Sc3ccc(Cl)cc3)c([N+](=O)[O-])c2)C(=O)N1Cc1cccc(Br)c1. The monoisotopic (exact) mass is 560 g/mol. The van der Waals surface area contributed by atoms with Crippen LogP contribution >= 0.6 is 51.1 Å². The summed E-state index contributed by atoms with van der Waals surface area (Å²) in [6, 6.07) is 19.1. The molecule has 0 aliphatic carbocycles. The molecule has 0 bridgehead atoms. The Morgan fingerprint density at radius 2 is 1.85 bits per heavy atom. The molecule has 33 heavy (non-hydrogen) atoms. The summed E-state index contributed by atoms with van der Waals surface area (Å²) in [7, 11) is 0. The molecule has 6 nitrogen and oxygen atoms in total. The number of benzene rings is 3. The molecule has 1 heterocycles. The summed E-state index contributed by atoms with van der Waals surface area (Å²) >= 11 is 11.3. The van der Waals surface area contributed by atoms with E-state index in [9.17, 15) is 19.7 Å². The number of amides is 2. The second-order valence-electron chi connectivity index (χ2n) is 6.94. The van der Waals surface area contributed by atoms with Gasteiger partial charge in [0, 0.05) is 20.5 Å². The predicted octanol–water partition coefficient (Wildman–Crippen LogP) is 7.40. The van der Waals surface area contributed by atoms with Crippen LogP contribution < -0.4 is 0 Å². The van der Waals surface area contributed by atoms with Gasteiger partial charge in [-0.2, -0.15) is 0 Å². The number of rotatable bonds is 6. The zero-order valence-corrected chi connectivity index (χ0v) is 20.7. The van der Waals surface area contributed by atoms with Gasteiger partial charge in [0.25, 0.3) is 16.8 Å². The standard InChI is InChI=1S/C23H14BrClN2O4S2/c24-16-3-1-2-15(10-16)13-26-22(28)21(33-23(26)29)12-14-4-9-20(19(11-14)27(30)31)32-18-7-5-17(25)6-8-18/h1-12H,13H2/b21-12-. The molecule has 10 heteroatoms. The Bertz CT molecular complexity index is 1300. The van der Waals surface area contributed by atoms with Crippen molar-refractivity contribution in [2.45, 2.75) is 16.3 Å². The molecule has 166 valence electrons. The van der Waals surface area contributed by atoms with Gasteiger partial charge in [0.2, 0.25) is 0 Å². The van der Waals surface area contributed by atoms with Crippen LogP contribution in [0.1, 0.15) is 11.1 Å². The van der Waals surface area contributed by atoms with Crippen LogP contribution in [0, 0.1) is 10.1 Å². The van der Waals surface area contributed by atoms with Crippen LogP contribution in [0.3, 0.4) is 0 Å². The van der Waals surface area contributed by atoms with Crippen LogP contribution in [0.15, 0.2) is 85.9 Å². The molecule has 0 radical (unpaired) electrons. The van der Waals surface area contributed by atoms with Crippen molar-refractivity contribution in [1.29, 1.82) is 0 Å². The van der Waals surface area contributed by atoms with Crippen LogP contribution in [0.25, 0.3) is 6.08 Å². The topological polar surface area (TPSA) is 80.5 Å². The molecule has 3 aromatic rings. The van der Waals surface area contributed by atoms with Gasteiger partial charge in [-0.05, 0) is 71.4 Å². The van der Waals surface area contributed by atoms with Crippen molar-refractivity contribution in [3.8, 4) is 0 Å². The van der Waals surface area contributed by atoms with E-state index in [0.29, 0.717) is 15.5 Å². The molecule has 3 aromatic carbocycles. The molecule has 1 fully saturated rings. The highest BCUT2D eigenvalue weighted by molar-refractivity contribution is 9.10. The number of imide groups is 1. The number of hydrogen-bond acceptors (Lipinski definition) is 6. The summed E-state index contributed by atoms with van der Waals surface area (Å²) in [6.07, 6.45) is 1.51. The van der Waals surface area contributed by atoms with Crippen LogP contribution in [0.2, 0.25) is 5.02 Å². The van der Waals surface area contributed by atoms with E-state index in [1.165, 1.54) is 23.9 Å². The van der Waals surface area contributed by atoms with Crippen LogP contribution in [0.5, 0.6) is 0 Å². The quantitative estimate of drug-likeness (QED) is 0.177. The number of nitro groups is 1. The lowest BCUT2D eigenvalue weighted by molar-refractivity contribution is -0.387. The van der Waals surface area contributed by atoms with Crippen molar-refractivity contribution in [1.82, 2.24) is 4.90 Å². The first kappa shape index (κ1) is 23.6. The lowest BCUT2D eigenvalue weighted by atomic mass is 10.1. The molecule has 2 amide bonds. The summed E-state index contributed by atoms with van der Waals surface area (Å²) < 4.78 is 0.853. The summed E-state index contributed by atoms with van der Waals surface area (Å²) in [5, 5.41) is 11.9. The van der Waals surface area contributed by atoms with Gasteiger partial charge in [0.15, 0.2) is 0 Å². The van der Waals surface area contributed by atoms with Crippen molar-refractivity contribution in [3.63, 3.8) is 0 Å². The summed E-state index contributed by atoms with van der Waals surface area (Å²) in [4.78, 5) is 39.1. The first-order valence-electron chi connectivity index (χ1n) is 9.52. The lowest BCUT2D eigenvalue weighted by Gasteiger charge is -2.12. The van der Waals surface area contributed by atoms with Gasteiger partial charge in [0.1, 0.15) is 0 Å². The predicted molar refractivity (Wildman–Crippen MR) is 134 cm³/mol. The average molecular weight is 562 g/mol. The molecular formula is C23H14BrClN2O4S2. The van der Waals surface area contributed by atoms with E-state index in [-0.39, 0.29) is 22.4 Å². The third-order valence-corrected chi connectivity index (χ3v) is 7.35. The molecule has 0 saturated carbocycles. The van der Waals surface area contributed by atoms with Crippen molar-refractivity contribution in [2.75, 3.05) is 0 Å². The first-order valence-corrected chi connectivity index (χ1v) is 12.3. The fourth-order valence-corrected chi connectivity index (χ4v) is 5.40. The van der Waals surface area contributed by atoms with Crippen molar-refractivity contribution < 1.29 is 14.5 Å². The molecular weight excluding hydrogens is 548 g/mol. The summed E-state index contributed by atoms with van der Waals surface area (Å²) in [5.74, 6) is -0.424. The lowest BCUT2D eigenvalue weighted by Crippen LogP contribution is -2.27. The first-order chi connectivity index (χ1) is 15.8. The molecule has 1 aliphatic heterocycles. The Balaban J connectivity index is 1.57. The fraction of sp³-hybridized carbons (Fsp3) is 0.0435. The Labute approximate surface area is 211 Å².